The van der Waals surface area contributed by atoms with Crippen molar-refractivity contribution in [2.24, 2.45) is 0 Å². The highest BCUT2D eigenvalue weighted by Gasteiger charge is 2.28. The number of hydrogen-bond acceptors (Lipinski definition) is 3. The molecule has 1 aliphatic carbocycles. The Bertz CT molecular complexity index is 597. The molecule has 1 aliphatic heterocycles. The zero-order valence-corrected chi connectivity index (χ0v) is 15.3. The fraction of sp³-hybridized carbons (Fsp3) is 0.632. The highest BCUT2D eigenvalue weighted by atomic mass is 35.5. The molecule has 1 saturated carbocycles. The van der Waals surface area contributed by atoms with Crippen molar-refractivity contribution in [1.82, 2.24) is 0 Å². The van der Waals surface area contributed by atoms with Gasteiger partial charge >= 0.3 is 5.97 Å². The smallest absolute Gasteiger partial charge is 0.308 e. The highest BCUT2D eigenvalue weighted by Crippen LogP contribution is 2.39. The van der Waals surface area contributed by atoms with E-state index in [4.69, 9.17) is 27.9 Å². The largest absolute Gasteiger partial charge is 0.462 e. The predicted molar refractivity (Wildman–Crippen MR) is 95.7 cm³/mol. The molecule has 2 aliphatic rings. The molecule has 0 amide bonds. The third-order valence-electron chi connectivity index (χ3n) is 5.19. The van der Waals surface area contributed by atoms with Gasteiger partial charge in [0.15, 0.2) is 0 Å². The summed E-state index contributed by atoms with van der Waals surface area (Å²) in [5.41, 5.74) is 2.39. The minimum absolute atomic E-state index is 0.103. The Labute approximate surface area is 153 Å². The van der Waals surface area contributed by atoms with Crippen LogP contribution in [-0.2, 0) is 16.0 Å². The van der Waals surface area contributed by atoms with Crippen molar-refractivity contribution in [3.05, 3.63) is 33.3 Å². The lowest BCUT2D eigenvalue weighted by molar-refractivity contribution is -0.160. The Morgan fingerprint density at radius 2 is 1.92 bits per heavy atom. The molecule has 1 heterocycles. The molecule has 0 spiro atoms. The number of halogens is 2. The molecule has 0 bridgehead atoms. The van der Waals surface area contributed by atoms with E-state index < -0.39 is 6.10 Å². The zero-order chi connectivity index (χ0) is 17.1. The summed E-state index contributed by atoms with van der Waals surface area (Å²) in [6, 6.07) is 3.85. The molecule has 132 valence electrons. The van der Waals surface area contributed by atoms with Crippen LogP contribution in [0.2, 0.25) is 10.0 Å². The number of rotatable bonds is 4. The summed E-state index contributed by atoms with van der Waals surface area (Å²) in [6.45, 7) is 0. The van der Waals surface area contributed by atoms with Gasteiger partial charge in [0.2, 0.25) is 0 Å². The molecule has 1 aromatic carbocycles. The first-order valence-electron chi connectivity index (χ1n) is 8.88. The van der Waals surface area contributed by atoms with Crippen molar-refractivity contribution in [1.29, 1.82) is 0 Å². The normalized spacial score (nSPS) is 25.5. The molecular weight excluding hydrogens is 347 g/mol. The fourth-order valence-electron chi connectivity index (χ4n) is 4.01. The molecule has 5 heteroatoms. The van der Waals surface area contributed by atoms with E-state index in [1.54, 1.807) is 6.07 Å². The van der Waals surface area contributed by atoms with Crippen LogP contribution < -0.4 is 0 Å². The molecule has 2 atom stereocenters. The first-order valence-corrected chi connectivity index (χ1v) is 9.64. The Kier molecular flexibility index (Phi) is 6.07. The van der Waals surface area contributed by atoms with Crippen molar-refractivity contribution in [3.8, 4) is 0 Å². The molecule has 1 saturated heterocycles. The lowest BCUT2D eigenvalue weighted by atomic mass is 9.81. The topological polar surface area (TPSA) is 46.5 Å². The van der Waals surface area contributed by atoms with Crippen LogP contribution in [0.25, 0.3) is 0 Å². The molecular formula is C19H24Cl2O3. The van der Waals surface area contributed by atoms with Crippen LogP contribution in [0.1, 0.15) is 68.4 Å². The van der Waals surface area contributed by atoms with Gasteiger partial charge < -0.3 is 9.84 Å². The van der Waals surface area contributed by atoms with E-state index in [1.807, 2.05) is 0 Å². The van der Waals surface area contributed by atoms with Gasteiger partial charge in [-0.25, -0.2) is 0 Å². The van der Waals surface area contributed by atoms with Crippen LogP contribution in [-0.4, -0.2) is 23.3 Å². The first-order chi connectivity index (χ1) is 11.5. The second-order valence-electron chi connectivity index (χ2n) is 7.03. The molecule has 3 rings (SSSR count). The van der Waals surface area contributed by atoms with Crippen molar-refractivity contribution in [3.63, 3.8) is 0 Å². The van der Waals surface area contributed by atoms with Gasteiger partial charge in [-0.15, -0.1) is 0 Å². The maximum Gasteiger partial charge on any atom is 0.308 e. The lowest BCUT2D eigenvalue weighted by Crippen LogP contribution is -2.32. The summed E-state index contributed by atoms with van der Waals surface area (Å²) in [6.07, 6.45) is 7.39. The van der Waals surface area contributed by atoms with E-state index in [-0.39, 0.29) is 18.5 Å². The number of ether oxygens (including phenoxy) is 1. The van der Waals surface area contributed by atoms with E-state index >= 15 is 0 Å². The number of carbonyl (C=O) groups excluding carboxylic acids is 1. The maximum absolute atomic E-state index is 11.5. The molecule has 2 fully saturated rings. The second kappa shape index (κ2) is 8.07. The number of cyclic esters (lactones) is 1. The monoisotopic (exact) mass is 370 g/mol. The third kappa shape index (κ3) is 4.44. The van der Waals surface area contributed by atoms with E-state index in [0.717, 1.165) is 12.0 Å². The summed E-state index contributed by atoms with van der Waals surface area (Å²) in [5.74, 6) is 0.206. The van der Waals surface area contributed by atoms with Crippen molar-refractivity contribution in [2.45, 2.75) is 75.9 Å². The van der Waals surface area contributed by atoms with Gasteiger partial charge in [-0.2, -0.15) is 0 Å². The molecule has 1 N–H and O–H groups in total. The first kappa shape index (κ1) is 18.0. The standard InChI is InChI=1S/C19H24Cl2O3/c20-13-8-17(12-4-2-1-3-5-12)16(18(21)9-13)7-6-15-10-14(22)11-19(23)24-15/h8-9,12,14-15,22H,1-7,10-11H2. The minimum Gasteiger partial charge on any atom is -0.462 e. The Morgan fingerprint density at radius 1 is 1.17 bits per heavy atom. The van der Waals surface area contributed by atoms with Crippen LogP contribution in [0.15, 0.2) is 12.1 Å². The zero-order valence-electron chi connectivity index (χ0n) is 13.8. The second-order valence-corrected chi connectivity index (χ2v) is 7.88. The Balaban J connectivity index is 1.75. The Hall–Kier alpha value is -0.770. The maximum atomic E-state index is 11.5. The molecule has 24 heavy (non-hydrogen) atoms. The molecule has 0 aromatic heterocycles. The highest BCUT2D eigenvalue weighted by molar-refractivity contribution is 6.35. The SMILES string of the molecule is O=C1CC(O)CC(CCc2c(Cl)cc(Cl)cc2C2CCCCC2)O1. The van der Waals surface area contributed by atoms with Gasteiger partial charge in [0.05, 0.1) is 12.5 Å². The van der Waals surface area contributed by atoms with Crippen molar-refractivity contribution in [2.75, 3.05) is 0 Å². The van der Waals surface area contributed by atoms with E-state index in [9.17, 15) is 9.90 Å². The van der Waals surface area contributed by atoms with Gasteiger partial charge in [-0.1, -0.05) is 42.5 Å². The number of aliphatic hydroxyl groups is 1. The third-order valence-corrected chi connectivity index (χ3v) is 5.75. The summed E-state index contributed by atoms with van der Waals surface area (Å²) >= 11 is 12.7. The number of benzene rings is 1. The molecule has 1 aromatic rings. The van der Waals surface area contributed by atoms with Crippen LogP contribution in [0.4, 0.5) is 0 Å². The van der Waals surface area contributed by atoms with Crippen LogP contribution in [0.3, 0.4) is 0 Å². The van der Waals surface area contributed by atoms with Gasteiger partial charge in [0.25, 0.3) is 0 Å². The van der Waals surface area contributed by atoms with Crippen LogP contribution in [0, 0.1) is 0 Å². The predicted octanol–water partition coefficient (Wildman–Crippen LogP) is 5.04. The molecule has 3 nitrogen and oxygen atoms in total. The summed E-state index contributed by atoms with van der Waals surface area (Å²) < 4.78 is 5.36. The van der Waals surface area contributed by atoms with E-state index in [0.29, 0.717) is 28.8 Å². The van der Waals surface area contributed by atoms with Gasteiger partial charge in [0, 0.05) is 16.5 Å². The summed E-state index contributed by atoms with van der Waals surface area (Å²) in [7, 11) is 0. The lowest BCUT2D eigenvalue weighted by Gasteiger charge is -2.28. The Morgan fingerprint density at radius 3 is 2.62 bits per heavy atom. The molecule has 2 unspecified atom stereocenters. The van der Waals surface area contributed by atoms with Crippen molar-refractivity contribution >= 4 is 29.2 Å². The van der Waals surface area contributed by atoms with Gasteiger partial charge in [-0.3, -0.25) is 4.79 Å². The van der Waals surface area contributed by atoms with Gasteiger partial charge in [-0.05, 0) is 54.9 Å². The quantitative estimate of drug-likeness (QED) is 0.755. The molecule has 0 radical (unpaired) electrons. The van der Waals surface area contributed by atoms with E-state index in [2.05, 4.69) is 6.07 Å². The summed E-state index contributed by atoms with van der Waals surface area (Å²) in [5, 5.41) is 11.1. The number of carbonyl (C=O) groups is 1. The fourth-order valence-corrected chi connectivity index (χ4v) is 4.61. The average Bonchev–Trinajstić information content (AvgIpc) is 2.53. The van der Waals surface area contributed by atoms with Crippen LogP contribution >= 0.6 is 23.2 Å². The summed E-state index contributed by atoms with van der Waals surface area (Å²) in [4.78, 5) is 11.5. The number of aliphatic hydroxyl groups excluding tert-OH is 1. The minimum atomic E-state index is -0.588. The van der Waals surface area contributed by atoms with Crippen LogP contribution in [0.5, 0.6) is 0 Å². The number of esters is 1. The van der Waals surface area contributed by atoms with E-state index in [1.165, 1.54) is 37.7 Å². The van der Waals surface area contributed by atoms with Gasteiger partial charge in [0.1, 0.15) is 6.10 Å². The van der Waals surface area contributed by atoms with Crippen molar-refractivity contribution < 1.29 is 14.6 Å². The number of hydrogen-bond donors (Lipinski definition) is 1. The average molecular weight is 371 g/mol.